The summed E-state index contributed by atoms with van der Waals surface area (Å²) >= 11 is 0. The van der Waals surface area contributed by atoms with Gasteiger partial charge in [-0.05, 0) is 12.5 Å². The molecule has 11 heteroatoms. The summed E-state index contributed by atoms with van der Waals surface area (Å²) in [5.41, 5.74) is 14.9. The van der Waals surface area contributed by atoms with E-state index in [9.17, 15) is 4.79 Å². The second-order valence-electron chi connectivity index (χ2n) is 6.44. The molecule has 0 saturated carbocycles. The third-order valence-electron chi connectivity index (χ3n) is 4.31. The van der Waals surface area contributed by atoms with Crippen molar-refractivity contribution in [3.8, 4) is 0 Å². The van der Waals surface area contributed by atoms with Crippen LogP contribution in [-0.4, -0.2) is 53.6 Å². The Labute approximate surface area is 167 Å². The quantitative estimate of drug-likeness (QED) is 0.152. The third-order valence-corrected chi connectivity index (χ3v) is 4.31. The number of nitrogens with zero attached hydrogens (tertiary/aromatic N) is 3. The number of hydrogen-bond donors (Lipinski definition) is 6. The van der Waals surface area contributed by atoms with Crippen molar-refractivity contribution in [1.82, 2.24) is 9.97 Å². The van der Waals surface area contributed by atoms with Crippen LogP contribution in [0.4, 0.5) is 23.1 Å². The zero-order valence-electron chi connectivity index (χ0n) is 15.7. The molecule has 0 bridgehead atoms. The molecule has 2 unspecified atom stereocenters. The number of primary amides is 1. The van der Waals surface area contributed by atoms with E-state index in [-0.39, 0.29) is 23.5 Å². The number of rotatable bonds is 8. The maximum Gasteiger partial charge on any atom is 0.254 e. The fourth-order valence-electron chi connectivity index (χ4n) is 2.80. The smallest absolute Gasteiger partial charge is 0.254 e. The molecule has 1 aromatic heterocycles. The molecule has 0 aliphatic carbocycles. The van der Waals surface area contributed by atoms with E-state index in [1.807, 2.05) is 24.3 Å². The van der Waals surface area contributed by atoms with Crippen LogP contribution in [0.15, 0.2) is 35.6 Å². The predicted molar refractivity (Wildman–Crippen MR) is 110 cm³/mol. The minimum atomic E-state index is -0.643. The summed E-state index contributed by atoms with van der Waals surface area (Å²) in [5.74, 6) is -0.0442. The summed E-state index contributed by atoms with van der Waals surface area (Å²) in [6, 6.07) is 7.14. The largest absolute Gasteiger partial charge is 0.379 e. The van der Waals surface area contributed by atoms with Gasteiger partial charge in [0.2, 0.25) is 5.95 Å². The number of anilines is 3. The molecular weight excluding hydrogens is 374 g/mol. The fourth-order valence-corrected chi connectivity index (χ4v) is 2.80. The van der Waals surface area contributed by atoms with Crippen LogP contribution in [0.2, 0.25) is 0 Å². The Morgan fingerprint density at radius 2 is 2.31 bits per heavy atom. The van der Waals surface area contributed by atoms with Gasteiger partial charge in [0.25, 0.3) is 5.91 Å². The summed E-state index contributed by atoms with van der Waals surface area (Å²) < 4.78 is 5.45. The van der Waals surface area contributed by atoms with Crippen LogP contribution in [0.5, 0.6) is 0 Å². The highest BCUT2D eigenvalue weighted by molar-refractivity contribution is 6.14. The predicted octanol–water partition coefficient (Wildman–Crippen LogP) is -0.323. The topological polar surface area (TPSA) is 181 Å². The van der Waals surface area contributed by atoms with E-state index in [0.29, 0.717) is 24.8 Å². The van der Waals surface area contributed by atoms with Crippen molar-refractivity contribution in [3.63, 3.8) is 0 Å². The van der Waals surface area contributed by atoms with Gasteiger partial charge in [-0.1, -0.05) is 11.2 Å². The summed E-state index contributed by atoms with van der Waals surface area (Å²) in [5, 5.41) is 17.2. The summed E-state index contributed by atoms with van der Waals surface area (Å²) in [4.78, 5) is 20.4. The van der Waals surface area contributed by atoms with Crippen LogP contribution in [0, 0.1) is 5.41 Å². The maximum atomic E-state index is 11.8. The second kappa shape index (κ2) is 9.68. The lowest BCUT2D eigenvalue weighted by molar-refractivity contribution is -0.576. The lowest BCUT2D eigenvalue weighted by Gasteiger charge is -2.29. The van der Waals surface area contributed by atoms with E-state index in [0.717, 1.165) is 18.3 Å². The van der Waals surface area contributed by atoms with E-state index in [1.165, 1.54) is 12.4 Å². The van der Waals surface area contributed by atoms with Gasteiger partial charge in [-0.3, -0.25) is 4.79 Å². The molecule has 1 aliphatic heterocycles. The first-order chi connectivity index (χ1) is 14.1. The first-order valence-corrected chi connectivity index (χ1v) is 9.06. The van der Waals surface area contributed by atoms with Crippen LogP contribution < -0.4 is 27.5 Å². The van der Waals surface area contributed by atoms with Crippen molar-refractivity contribution in [2.45, 2.75) is 18.5 Å². The average Bonchev–Trinajstić information content (AvgIpc) is 2.70. The molecule has 2 heterocycles. The first kappa shape index (κ1) is 20.3. The van der Waals surface area contributed by atoms with Crippen LogP contribution in [0.1, 0.15) is 16.8 Å². The third kappa shape index (κ3) is 5.54. The minimum absolute atomic E-state index is 0.0756. The van der Waals surface area contributed by atoms with Gasteiger partial charge in [0.15, 0.2) is 5.69 Å². The highest BCUT2D eigenvalue weighted by atomic mass is 16.5. The van der Waals surface area contributed by atoms with Gasteiger partial charge in [0, 0.05) is 42.9 Å². The van der Waals surface area contributed by atoms with Crippen LogP contribution in [0.3, 0.4) is 0 Å². The molecule has 1 saturated heterocycles. The molecule has 2 aromatic rings. The number of nitrogens with one attached hydrogen (secondary N) is 3. The van der Waals surface area contributed by atoms with Crippen LogP contribution in [-0.2, 0) is 4.74 Å². The van der Waals surface area contributed by atoms with E-state index >= 15 is 0 Å². The average molecular weight is 398 g/mol. The molecule has 29 heavy (non-hydrogen) atoms. The summed E-state index contributed by atoms with van der Waals surface area (Å²) in [7, 11) is 0. The second-order valence-corrected chi connectivity index (χ2v) is 6.44. The molecular formula is C18H24N9O2+. The van der Waals surface area contributed by atoms with E-state index in [2.05, 4.69) is 25.7 Å². The molecule has 11 nitrogen and oxygen atoms in total. The number of ether oxygens (including phenoxy) is 1. The molecule has 1 amide bonds. The van der Waals surface area contributed by atoms with E-state index < -0.39 is 5.91 Å². The number of benzene rings is 1. The summed E-state index contributed by atoms with van der Waals surface area (Å²) in [6.07, 6.45) is 4.58. The lowest BCUT2D eigenvalue weighted by atomic mass is 10.1. The first-order valence-electron chi connectivity index (χ1n) is 9.06. The molecule has 0 spiro atoms. The minimum Gasteiger partial charge on any atom is -0.379 e. The van der Waals surface area contributed by atoms with Crippen molar-refractivity contribution >= 4 is 41.5 Å². The van der Waals surface area contributed by atoms with Crippen molar-refractivity contribution < 1.29 is 15.0 Å². The zero-order valence-corrected chi connectivity index (χ0v) is 15.7. The van der Waals surface area contributed by atoms with Gasteiger partial charge >= 0.3 is 0 Å². The number of nitrogens with two attached hydrogens (primary N) is 3. The van der Waals surface area contributed by atoms with Gasteiger partial charge in [0.05, 0.1) is 12.6 Å². The number of carbonyl (C=O) groups is 1. The maximum absolute atomic E-state index is 11.8. The Morgan fingerprint density at radius 3 is 3.07 bits per heavy atom. The molecule has 9 N–H and O–H groups in total. The Hall–Kier alpha value is -3.41. The molecule has 1 aromatic carbocycles. The van der Waals surface area contributed by atoms with E-state index in [4.69, 9.17) is 21.6 Å². The van der Waals surface area contributed by atoms with Gasteiger partial charge < -0.3 is 32.2 Å². The highest BCUT2D eigenvalue weighted by Gasteiger charge is 2.23. The Morgan fingerprint density at radius 1 is 1.45 bits per heavy atom. The van der Waals surface area contributed by atoms with E-state index in [1.54, 1.807) is 5.43 Å². The van der Waals surface area contributed by atoms with Gasteiger partial charge in [-0.25, -0.2) is 4.98 Å². The lowest BCUT2D eigenvalue weighted by Crippen LogP contribution is -2.71. The summed E-state index contributed by atoms with van der Waals surface area (Å²) in [6.45, 7) is 1.09. The normalized spacial score (nSPS) is 19.1. The Balaban J connectivity index is 1.81. The number of aromatic nitrogens is 2. The van der Waals surface area contributed by atoms with Crippen molar-refractivity contribution in [1.29, 1.82) is 5.41 Å². The van der Waals surface area contributed by atoms with Gasteiger partial charge in [-0.2, -0.15) is 10.4 Å². The molecule has 3 rings (SSSR count). The molecule has 1 fully saturated rings. The monoisotopic (exact) mass is 398 g/mol. The number of quaternary nitrogens is 1. The molecule has 2 atom stereocenters. The fraction of sp³-hybridized carbons (Fsp3) is 0.278. The van der Waals surface area contributed by atoms with Crippen molar-refractivity contribution in [3.05, 3.63) is 36.0 Å². The SMILES string of the molecule is N=CC=N[NH2+]c1cccc(Nc2nc(NC3COCCC3N)ncc2C(N)=O)c1. The Kier molecular flexibility index (Phi) is 6.79. The number of hydrogen-bond acceptors (Lipinski definition) is 9. The van der Waals surface area contributed by atoms with Crippen LogP contribution >= 0.6 is 0 Å². The standard InChI is InChI=1S/C18H23N9O2/c19-5-6-23-27-12-3-1-2-11(8-12)24-17-13(16(21)28)9-22-18(26-17)25-15-10-29-7-4-14(15)20/h1-3,5-6,8-9,14-15,19,27H,4,7,10,20H2,(H2,21,28)(H2,22,24,25,26)/p+1. The van der Waals surface area contributed by atoms with Gasteiger partial charge in [0.1, 0.15) is 17.6 Å². The highest BCUT2D eigenvalue weighted by Crippen LogP contribution is 2.21. The Bertz CT molecular complexity index is 903. The van der Waals surface area contributed by atoms with Crippen LogP contribution in [0.25, 0.3) is 0 Å². The number of amides is 1. The van der Waals surface area contributed by atoms with Crippen molar-refractivity contribution in [2.75, 3.05) is 23.8 Å². The van der Waals surface area contributed by atoms with Crippen molar-refractivity contribution in [2.24, 2.45) is 16.6 Å². The molecule has 0 radical (unpaired) electrons. The molecule has 152 valence electrons. The zero-order chi connectivity index (χ0) is 20.6. The molecule has 1 aliphatic rings. The van der Waals surface area contributed by atoms with Gasteiger partial charge in [-0.15, -0.1) is 0 Å². The number of carbonyl (C=O) groups excluding carboxylic acids is 1.